The smallest absolute Gasteiger partial charge is 0.258 e. The molecule has 0 saturated carbocycles. The molecule has 1 aromatic heterocycles. The van der Waals surface area contributed by atoms with Gasteiger partial charge in [0, 0.05) is 25.1 Å². The van der Waals surface area contributed by atoms with E-state index in [9.17, 15) is 4.79 Å². The Hall–Kier alpha value is -2.63. The second-order valence-corrected chi connectivity index (χ2v) is 6.01. The first-order valence-electron chi connectivity index (χ1n) is 7.42. The van der Waals surface area contributed by atoms with E-state index in [4.69, 9.17) is 23.2 Å². The number of amides is 1. The maximum absolute atomic E-state index is 12.3. The number of hydrogen-bond acceptors (Lipinski definition) is 4. The molecule has 0 aliphatic carbocycles. The van der Waals surface area contributed by atoms with Crippen molar-refractivity contribution in [1.82, 2.24) is 9.97 Å². The first-order valence-corrected chi connectivity index (χ1v) is 8.18. The normalized spacial score (nSPS) is 10.4. The largest absolute Gasteiger partial charge is 0.320 e. The summed E-state index contributed by atoms with van der Waals surface area (Å²) in [6.07, 6.45) is 2.94. The van der Waals surface area contributed by atoms with E-state index in [1.54, 1.807) is 18.2 Å². The standard InChI is InChI=1S/C18H14Cl2N4O/c1-24(13-6-3-2-4-7-13)18-21-10-12(11-22-18)17(25)23-15-9-5-8-14(19)16(15)20/h2-11H,1H3,(H,23,25). The van der Waals surface area contributed by atoms with Gasteiger partial charge in [0.25, 0.3) is 5.91 Å². The van der Waals surface area contributed by atoms with Crippen LogP contribution in [0.2, 0.25) is 10.0 Å². The van der Waals surface area contributed by atoms with Crippen LogP contribution in [-0.2, 0) is 0 Å². The fourth-order valence-corrected chi connectivity index (χ4v) is 2.52. The Balaban J connectivity index is 1.76. The zero-order valence-corrected chi connectivity index (χ0v) is 14.8. The SMILES string of the molecule is CN(c1ccccc1)c1ncc(C(=O)Nc2cccc(Cl)c2Cl)cn1. The van der Waals surface area contributed by atoms with Crippen molar-refractivity contribution < 1.29 is 4.79 Å². The molecule has 25 heavy (non-hydrogen) atoms. The Labute approximate surface area is 155 Å². The van der Waals surface area contributed by atoms with Gasteiger partial charge in [-0.25, -0.2) is 9.97 Å². The van der Waals surface area contributed by atoms with Crippen LogP contribution in [0.3, 0.4) is 0 Å². The molecule has 7 heteroatoms. The van der Waals surface area contributed by atoms with Crippen molar-refractivity contribution in [2.45, 2.75) is 0 Å². The second kappa shape index (κ2) is 7.51. The Morgan fingerprint density at radius 1 is 1.00 bits per heavy atom. The van der Waals surface area contributed by atoms with Gasteiger partial charge in [0.15, 0.2) is 0 Å². The number of rotatable bonds is 4. The molecule has 0 bridgehead atoms. The molecule has 0 aliphatic heterocycles. The Bertz CT molecular complexity index is 885. The lowest BCUT2D eigenvalue weighted by atomic mass is 10.2. The lowest BCUT2D eigenvalue weighted by molar-refractivity contribution is 0.102. The molecule has 126 valence electrons. The van der Waals surface area contributed by atoms with Gasteiger partial charge < -0.3 is 10.2 Å². The van der Waals surface area contributed by atoms with Crippen LogP contribution in [-0.4, -0.2) is 22.9 Å². The third kappa shape index (κ3) is 3.90. The van der Waals surface area contributed by atoms with Crippen LogP contribution in [0.4, 0.5) is 17.3 Å². The molecule has 3 aromatic rings. The number of aromatic nitrogens is 2. The lowest BCUT2D eigenvalue weighted by Gasteiger charge is -2.16. The Morgan fingerprint density at radius 3 is 2.36 bits per heavy atom. The van der Waals surface area contributed by atoms with Gasteiger partial charge in [-0.05, 0) is 24.3 Å². The number of carbonyl (C=O) groups is 1. The van der Waals surface area contributed by atoms with Gasteiger partial charge >= 0.3 is 0 Å². The molecular weight excluding hydrogens is 359 g/mol. The van der Waals surface area contributed by atoms with Gasteiger partial charge in [-0.2, -0.15) is 0 Å². The van der Waals surface area contributed by atoms with Gasteiger partial charge in [0.05, 0.1) is 21.3 Å². The predicted octanol–water partition coefficient (Wildman–Crippen LogP) is 4.80. The molecule has 0 radical (unpaired) electrons. The molecule has 1 heterocycles. The summed E-state index contributed by atoms with van der Waals surface area (Å²) in [5, 5.41) is 3.36. The Morgan fingerprint density at radius 2 is 1.68 bits per heavy atom. The number of halogens is 2. The molecule has 2 aromatic carbocycles. The van der Waals surface area contributed by atoms with E-state index < -0.39 is 0 Å². The second-order valence-electron chi connectivity index (χ2n) is 5.22. The van der Waals surface area contributed by atoms with Crippen molar-refractivity contribution >= 4 is 46.4 Å². The maximum Gasteiger partial charge on any atom is 0.258 e. The summed E-state index contributed by atoms with van der Waals surface area (Å²) in [4.78, 5) is 22.7. The minimum Gasteiger partial charge on any atom is -0.320 e. The molecule has 0 fully saturated rings. The number of hydrogen-bond donors (Lipinski definition) is 1. The van der Waals surface area contributed by atoms with Crippen molar-refractivity contribution in [1.29, 1.82) is 0 Å². The van der Waals surface area contributed by atoms with Gasteiger partial charge in [0.2, 0.25) is 5.95 Å². The van der Waals surface area contributed by atoms with Crippen LogP contribution in [0.1, 0.15) is 10.4 Å². The molecule has 0 aliphatic rings. The number of benzene rings is 2. The summed E-state index contributed by atoms with van der Waals surface area (Å²) in [5.74, 6) is 0.126. The average Bonchev–Trinajstić information content (AvgIpc) is 2.65. The van der Waals surface area contributed by atoms with Gasteiger partial charge in [-0.1, -0.05) is 47.5 Å². The van der Waals surface area contributed by atoms with E-state index in [0.29, 0.717) is 27.2 Å². The lowest BCUT2D eigenvalue weighted by Crippen LogP contribution is -2.16. The summed E-state index contributed by atoms with van der Waals surface area (Å²) in [5.41, 5.74) is 1.70. The molecule has 1 N–H and O–H groups in total. The number of para-hydroxylation sites is 1. The number of nitrogens with one attached hydrogen (secondary N) is 1. The van der Waals surface area contributed by atoms with E-state index in [0.717, 1.165) is 5.69 Å². The van der Waals surface area contributed by atoms with Crippen LogP contribution < -0.4 is 10.2 Å². The van der Waals surface area contributed by atoms with Crippen LogP contribution in [0, 0.1) is 0 Å². The van der Waals surface area contributed by atoms with Crippen molar-refractivity contribution in [3.63, 3.8) is 0 Å². The number of carbonyl (C=O) groups excluding carboxylic acids is 1. The molecule has 3 rings (SSSR count). The topological polar surface area (TPSA) is 58.1 Å². The predicted molar refractivity (Wildman–Crippen MR) is 101 cm³/mol. The minimum atomic E-state index is -0.363. The van der Waals surface area contributed by atoms with E-state index in [2.05, 4.69) is 15.3 Å². The molecule has 0 atom stereocenters. The Kier molecular flexibility index (Phi) is 5.16. The fourth-order valence-electron chi connectivity index (χ4n) is 2.17. The van der Waals surface area contributed by atoms with E-state index in [-0.39, 0.29) is 5.91 Å². The molecular formula is C18H14Cl2N4O. The zero-order valence-electron chi connectivity index (χ0n) is 13.3. The van der Waals surface area contributed by atoms with Crippen molar-refractivity contribution in [3.8, 4) is 0 Å². The van der Waals surface area contributed by atoms with Crippen LogP contribution >= 0.6 is 23.2 Å². The fraction of sp³-hybridized carbons (Fsp3) is 0.0556. The van der Waals surface area contributed by atoms with Crippen molar-refractivity contribution in [2.75, 3.05) is 17.3 Å². The van der Waals surface area contributed by atoms with E-state index in [1.165, 1.54) is 12.4 Å². The molecule has 0 saturated heterocycles. The molecule has 0 spiro atoms. The van der Waals surface area contributed by atoms with E-state index in [1.807, 2.05) is 42.3 Å². The molecule has 0 unspecified atom stereocenters. The quantitative estimate of drug-likeness (QED) is 0.714. The molecule has 5 nitrogen and oxygen atoms in total. The summed E-state index contributed by atoms with van der Waals surface area (Å²) in [6.45, 7) is 0. The highest BCUT2D eigenvalue weighted by atomic mass is 35.5. The summed E-state index contributed by atoms with van der Waals surface area (Å²) in [7, 11) is 1.86. The van der Waals surface area contributed by atoms with Crippen LogP contribution in [0.15, 0.2) is 60.9 Å². The van der Waals surface area contributed by atoms with Crippen LogP contribution in [0.25, 0.3) is 0 Å². The van der Waals surface area contributed by atoms with Gasteiger partial charge in [-0.15, -0.1) is 0 Å². The highest BCUT2D eigenvalue weighted by Crippen LogP contribution is 2.29. The van der Waals surface area contributed by atoms with Crippen LogP contribution in [0.5, 0.6) is 0 Å². The third-order valence-corrected chi connectivity index (χ3v) is 4.36. The highest BCUT2D eigenvalue weighted by Gasteiger charge is 2.13. The van der Waals surface area contributed by atoms with E-state index >= 15 is 0 Å². The monoisotopic (exact) mass is 372 g/mol. The summed E-state index contributed by atoms with van der Waals surface area (Å²) in [6, 6.07) is 14.7. The highest BCUT2D eigenvalue weighted by molar-refractivity contribution is 6.44. The minimum absolute atomic E-state index is 0.291. The average molecular weight is 373 g/mol. The molecule has 1 amide bonds. The third-order valence-electron chi connectivity index (χ3n) is 3.54. The van der Waals surface area contributed by atoms with Crippen molar-refractivity contribution in [2.24, 2.45) is 0 Å². The first-order chi connectivity index (χ1) is 12.1. The van der Waals surface area contributed by atoms with Gasteiger partial charge in [0.1, 0.15) is 0 Å². The summed E-state index contributed by atoms with van der Waals surface area (Å²) >= 11 is 12.0. The summed E-state index contributed by atoms with van der Waals surface area (Å²) < 4.78 is 0. The number of anilines is 3. The van der Waals surface area contributed by atoms with Crippen molar-refractivity contribution in [3.05, 3.63) is 76.5 Å². The number of nitrogens with zero attached hydrogens (tertiary/aromatic N) is 3. The maximum atomic E-state index is 12.3. The zero-order chi connectivity index (χ0) is 17.8. The van der Waals surface area contributed by atoms with Gasteiger partial charge in [-0.3, -0.25) is 4.79 Å². The first kappa shape index (κ1) is 17.2.